The average molecular weight is 443 g/mol. The molecular formula is C22H32F2N2O5. The van der Waals surface area contributed by atoms with Crippen molar-refractivity contribution in [3.63, 3.8) is 0 Å². The molecule has 6 atom stereocenters. The van der Waals surface area contributed by atoms with Crippen molar-refractivity contribution in [3.05, 3.63) is 12.2 Å². The summed E-state index contributed by atoms with van der Waals surface area (Å²) < 4.78 is 39.5. The second kappa shape index (κ2) is 7.45. The number of carbonyl (C=O) groups is 3. The quantitative estimate of drug-likeness (QED) is 0.537. The Hall–Kier alpha value is -2.19. The molecule has 3 rings (SSSR count). The Balaban J connectivity index is 1.89. The van der Waals surface area contributed by atoms with Gasteiger partial charge < -0.3 is 19.7 Å². The fraction of sp³-hybridized carbons (Fsp3) is 0.773. The van der Waals surface area contributed by atoms with Gasteiger partial charge in [0.25, 0.3) is 5.92 Å². The normalized spacial score (nSPS) is 31.9. The maximum atomic E-state index is 14.7. The van der Waals surface area contributed by atoms with Gasteiger partial charge in [0.15, 0.2) is 0 Å². The first-order valence-corrected chi connectivity index (χ1v) is 10.5. The lowest BCUT2D eigenvalue weighted by Gasteiger charge is -2.37. The van der Waals surface area contributed by atoms with Gasteiger partial charge in [-0.15, -0.1) is 0 Å². The van der Waals surface area contributed by atoms with Gasteiger partial charge in [-0.2, -0.15) is 0 Å². The largest absolute Gasteiger partial charge is 0.467 e. The van der Waals surface area contributed by atoms with E-state index < -0.39 is 70.7 Å². The second-order valence-corrected chi connectivity index (χ2v) is 10.8. The van der Waals surface area contributed by atoms with Crippen molar-refractivity contribution in [1.29, 1.82) is 0 Å². The first kappa shape index (κ1) is 23.5. The summed E-state index contributed by atoms with van der Waals surface area (Å²) >= 11 is 0. The Labute approximate surface area is 181 Å². The molecule has 7 nitrogen and oxygen atoms in total. The van der Waals surface area contributed by atoms with Gasteiger partial charge >= 0.3 is 12.1 Å². The zero-order valence-electron chi connectivity index (χ0n) is 19.1. The third-order valence-electron chi connectivity index (χ3n) is 6.39. The number of allylic oxidation sites excluding steroid dienone is 2. The summed E-state index contributed by atoms with van der Waals surface area (Å²) in [6, 6.07) is -2.14. The summed E-state index contributed by atoms with van der Waals surface area (Å²) in [4.78, 5) is 39.9. The van der Waals surface area contributed by atoms with Crippen molar-refractivity contribution in [2.24, 2.45) is 29.1 Å². The molecule has 2 bridgehead atoms. The van der Waals surface area contributed by atoms with Gasteiger partial charge in [-0.3, -0.25) is 4.79 Å². The smallest absolute Gasteiger partial charge is 0.408 e. The van der Waals surface area contributed by atoms with E-state index in [-0.39, 0.29) is 6.54 Å². The summed E-state index contributed by atoms with van der Waals surface area (Å²) in [6.07, 6.45) is 2.19. The zero-order chi connectivity index (χ0) is 23.5. The molecule has 1 saturated heterocycles. The predicted molar refractivity (Wildman–Crippen MR) is 108 cm³/mol. The molecule has 0 unspecified atom stereocenters. The van der Waals surface area contributed by atoms with E-state index in [0.717, 1.165) is 0 Å². The highest BCUT2D eigenvalue weighted by atomic mass is 19.3. The summed E-state index contributed by atoms with van der Waals surface area (Å²) in [5.74, 6) is -7.55. The van der Waals surface area contributed by atoms with Crippen molar-refractivity contribution < 1.29 is 32.6 Å². The van der Waals surface area contributed by atoms with Crippen LogP contribution in [0, 0.1) is 29.1 Å². The average Bonchev–Trinajstić information content (AvgIpc) is 3.20. The van der Waals surface area contributed by atoms with Gasteiger partial charge in [0.1, 0.15) is 17.7 Å². The summed E-state index contributed by atoms with van der Waals surface area (Å²) in [5, 5.41) is 2.62. The minimum absolute atomic E-state index is 0.00689. The molecule has 2 fully saturated rings. The molecule has 2 amide bonds. The number of alkyl carbamates (subject to hydrolysis) is 1. The summed E-state index contributed by atoms with van der Waals surface area (Å²) in [6.45, 7) is 10.4. The molecule has 1 N–H and O–H groups in total. The predicted octanol–water partition coefficient (Wildman–Crippen LogP) is 2.99. The fourth-order valence-electron chi connectivity index (χ4n) is 5.12. The van der Waals surface area contributed by atoms with Gasteiger partial charge in [-0.25, -0.2) is 18.4 Å². The number of likely N-dealkylation sites (tertiary alicyclic amines) is 1. The number of nitrogens with zero attached hydrogens (tertiary/aromatic N) is 1. The fourth-order valence-corrected chi connectivity index (χ4v) is 5.12. The van der Waals surface area contributed by atoms with Gasteiger partial charge in [-0.05, 0) is 32.1 Å². The summed E-state index contributed by atoms with van der Waals surface area (Å²) in [5.41, 5.74) is -1.47. The van der Waals surface area contributed by atoms with Crippen molar-refractivity contribution in [3.8, 4) is 0 Å². The SMILES string of the molecule is COC(=O)[C@@H]1[C@@H]2[C@H](CN1C(=O)[C@@H](NC(=O)OC(C)(C)C)C(C)(C)C)[C@@H]1C=C[C@H]2C1(F)F. The molecule has 3 aliphatic rings. The first-order chi connectivity index (χ1) is 14.1. The lowest BCUT2D eigenvalue weighted by molar-refractivity contribution is -0.155. The van der Waals surface area contributed by atoms with Crippen LogP contribution in [0.1, 0.15) is 41.5 Å². The van der Waals surface area contributed by atoms with E-state index >= 15 is 0 Å². The molecule has 0 radical (unpaired) electrons. The van der Waals surface area contributed by atoms with Crippen LogP contribution < -0.4 is 5.32 Å². The lowest BCUT2D eigenvalue weighted by atomic mass is 9.82. The van der Waals surface area contributed by atoms with Crippen LogP contribution in [-0.4, -0.2) is 60.1 Å². The van der Waals surface area contributed by atoms with Crippen molar-refractivity contribution in [1.82, 2.24) is 10.2 Å². The monoisotopic (exact) mass is 442 g/mol. The minimum Gasteiger partial charge on any atom is -0.467 e. The Kier molecular flexibility index (Phi) is 5.64. The van der Waals surface area contributed by atoms with Crippen molar-refractivity contribution in [2.45, 2.75) is 65.1 Å². The standard InChI is InChI=1S/C22H32F2N2O5/c1-20(2,3)16(25-19(29)31-21(4,5)6)17(27)26-10-11-12-8-9-13(22(12,23)24)14(11)15(26)18(28)30-7/h8-9,11-16H,10H2,1-7H3,(H,25,29)/t11-,12+,13-,14-,15+,16-/m1/s1. The van der Waals surface area contributed by atoms with E-state index in [1.54, 1.807) is 41.5 Å². The number of esters is 1. The highest BCUT2D eigenvalue weighted by molar-refractivity contribution is 5.91. The minimum atomic E-state index is -2.94. The second-order valence-electron chi connectivity index (χ2n) is 10.8. The van der Waals surface area contributed by atoms with Crippen LogP contribution in [0.15, 0.2) is 12.2 Å². The molecule has 31 heavy (non-hydrogen) atoms. The highest BCUT2D eigenvalue weighted by Crippen LogP contribution is 2.61. The number of methoxy groups -OCH3 is 1. The number of nitrogens with one attached hydrogen (secondary N) is 1. The van der Waals surface area contributed by atoms with Crippen molar-refractivity contribution >= 4 is 18.0 Å². The van der Waals surface area contributed by atoms with Gasteiger partial charge in [0.05, 0.1) is 7.11 Å². The molecule has 9 heteroatoms. The van der Waals surface area contributed by atoms with E-state index in [1.807, 2.05) is 0 Å². The molecule has 0 aromatic heterocycles. The Morgan fingerprint density at radius 1 is 1.10 bits per heavy atom. The first-order valence-electron chi connectivity index (χ1n) is 10.5. The molecule has 1 aliphatic heterocycles. The number of fused-ring (bicyclic) bond motifs is 5. The van der Waals surface area contributed by atoms with Crippen LogP contribution in [0.2, 0.25) is 0 Å². The molecule has 2 aliphatic carbocycles. The van der Waals surface area contributed by atoms with E-state index in [4.69, 9.17) is 9.47 Å². The molecular weight excluding hydrogens is 410 g/mol. The molecule has 1 heterocycles. The maximum absolute atomic E-state index is 14.7. The molecule has 0 spiro atoms. The molecule has 0 aromatic carbocycles. The number of amides is 2. The Morgan fingerprint density at radius 2 is 1.68 bits per heavy atom. The van der Waals surface area contributed by atoms with E-state index in [1.165, 1.54) is 24.2 Å². The van der Waals surface area contributed by atoms with Crippen LogP contribution in [0.25, 0.3) is 0 Å². The van der Waals surface area contributed by atoms with E-state index in [0.29, 0.717) is 0 Å². The molecule has 1 saturated carbocycles. The number of ether oxygens (including phenoxy) is 2. The summed E-state index contributed by atoms with van der Waals surface area (Å²) in [7, 11) is 1.18. The number of hydrogen-bond donors (Lipinski definition) is 1. The number of hydrogen-bond acceptors (Lipinski definition) is 5. The maximum Gasteiger partial charge on any atom is 0.408 e. The highest BCUT2D eigenvalue weighted by Gasteiger charge is 2.70. The number of halogens is 2. The number of rotatable bonds is 3. The van der Waals surface area contributed by atoms with Gasteiger partial charge in [-0.1, -0.05) is 32.9 Å². The van der Waals surface area contributed by atoms with E-state index in [2.05, 4.69) is 5.32 Å². The molecule has 174 valence electrons. The van der Waals surface area contributed by atoms with Crippen LogP contribution >= 0.6 is 0 Å². The van der Waals surface area contributed by atoms with Crippen LogP contribution in [0.4, 0.5) is 13.6 Å². The third kappa shape index (κ3) is 4.03. The Morgan fingerprint density at radius 3 is 2.19 bits per heavy atom. The zero-order valence-corrected chi connectivity index (χ0v) is 19.1. The lowest BCUT2D eigenvalue weighted by Crippen LogP contribution is -2.58. The topological polar surface area (TPSA) is 84.9 Å². The van der Waals surface area contributed by atoms with Crippen LogP contribution in [0.3, 0.4) is 0 Å². The van der Waals surface area contributed by atoms with E-state index in [9.17, 15) is 23.2 Å². The van der Waals surface area contributed by atoms with Crippen LogP contribution in [0.5, 0.6) is 0 Å². The van der Waals surface area contributed by atoms with Gasteiger partial charge in [0.2, 0.25) is 5.91 Å². The Bertz CT molecular complexity index is 799. The third-order valence-corrected chi connectivity index (χ3v) is 6.39. The number of alkyl halides is 2. The van der Waals surface area contributed by atoms with Crippen molar-refractivity contribution in [2.75, 3.05) is 13.7 Å². The molecule has 0 aromatic rings. The van der Waals surface area contributed by atoms with Crippen LogP contribution in [-0.2, 0) is 19.1 Å². The number of carbonyl (C=O) groups excluding carboxylic acids is 3. The van der Waals surface area contributed by atoms with Gasteiger partial charge in [0, 0.05) is 24.3 Å².